The van der Waals surface area contributed by atoms with Crippen LogP contribution in [-0.4, -0.2) is 15.3 Å². The van der Waals surface area contributed by atoms with E-state index in [0.717, 1.165) is 47.8 Å². The molecule has 0 amide bonds. The lowest BCUT2D eigenvalue weighted by molar-refractivity contribution is 0.0104. The van der Waals surface area contributed by atoms with Crippen molar-refractivity contribution in [2.75, 3.05) is 11.1 Å². The molecule has 21 heavy (non-hydrogen) atoms. The number of nitrogens with zero attached hydrogens (tertiary/aromatic N) is 2. The summed E-state index contributed by atoms with van der Waals surface area (Å²) >= 11 is 0. The van der Waals surface area contributed by atoms with Gasteiger partial charge in [-0.1, -0.05) is 13.3 Å². The van der Waals surface area contributed by atoms with Crippen LogP contribution in [0.3, 0.4) is 0 Å². The monoisotopic (exact) mass is 288 g/mol. The Morgan fingerprint density at radius 2 is 1.76 bits per heavy atom. The van der Waals surface area contributed by atoms with E-state index in [1.807, 2.05) is 11.7 Å². The number of nitrogens with two attached hydrogens (primary N) is 1. The van der Waals surface area contributed by atoms with Crippen molar-refractivity contribution in [1.29, 1.82) is 0 Å². The van der Waals surface area contributed by atoms with Gasteiger partial charge in [-0.2, -0.15) is 5.10 Å². The summed E-state index contributed by atoms with van der Waals surface area (Å²) in [5.74, 6) is 3.93. The molecule has 1 aromatic heterocycles. The van der Waals surface area contributed by atoms with Crippen molar-refractivity contribution in [1.82, 2.24) is 9.78 Å². The predicted molar refractivity (Wildman–Crippen MR) is 86.1 cm³/mol. The second kappa shape index (κ2) is 4.65. The van der Waals surface area contributed by atoms with E-state index in [-0.39, 0.29) is 0 Å². The molecule has 1 heterocycles. The van der Waals surface area contributed by atoms with Gasteiger partial charge in [0, 0.05) is 12.6 Å². The van der Waals surface area contributed by atoms with Crippen molar-refractivity contribution in [3.8, 4) is 0 Å². The minimum Gasteiger partial charge on any atom is -0.394 e. The Morgan fingerprint density at radius 1 is 1.19 bits per heavy atom. The summed E-state index contributed by atoms with van der Waals surface area (Å²) in [6.45, 7) is 2.18. The smallest absolute Gasteiger partial charge is 0.148 e. The molecule has 0 aliphatic heterocycles. The summed E-state index contributed by atoms with van der Waals surface area (Å²) in [7, 11) is 2.03. The zero-order chi connectivity index (χ0) is 14.6. The molecule has 4 bridgehead atoms. The first-order valence-corrected chi connectivity index (χ1v) is 8.68. The van der Waals surface area contributed by atoms with Gasteiger partial charge in [0.15, 0.2) is 0 Å². The molecule has 0 saturated heterocycles. The van der Waals surface area contributed by atoms with E-state index in [1.165, 1.54) is 38.5 Å². The van der Waals surface area contributed by atoms with Crippen LogP contribution in [0.15, 0.2) is 0 Å². The molecule has 0 atom stereocenters. The highest BCUT2D eigenvalue weighted by Crippen LogP contribution is 2.56. The molecule has 0 aromatic carbocycles. The van der Waals surface area contributed by atoms with Crippen LogP contribution in [0, 0.1) is 17.8 Å². The highest BCUT2D eigenvalue weighted by atomic mass is 15.3. The van der Waals surface area contributed by atoms with E-state index in [1.54, 1.807) is 0 Å². The molecule has 4 saturated carbocycles. The summed E-state index contributed by atoms with van der Waals surface area (Å²) in [4.78, 5) is 0. The zero-order valence-corrected chi connectivity index (χ0v) is 13.4. The molecular weight excluding hydrogens is 260 g/mol. The van der Waals surface area contributed by atoms with Crippen LogP contribution in [0.25, 0.3) is 0 Å². The molecule has 0 unspecified atom stereocenters. The number of hydrogen-bond acceptors (Lipinski definition) is 3. The SMILES string of the molecule is CCCc1nn(C)c(NC23CC4CC(CC(C4)C2)C3)c1N. The molecule has 5 rings (SSSR count). The van der Waals surface area contributed by atoms with Crippen LogP contribution in [-0.2, 0) is 13.5 Å². The number of aryl methyl sites for hydroxylation is 2. The average Bonchev–Trinajstić information content (AvgIpc) is 2.65. The normalized spacial score (nSPS) is 37.1. The van der Waals surface area contributed by atoms with Gasteiger partial charge in [0.25, 0.3) is 0 Å². The fraction of sp³-hybridized carbons (Fsp3) is 0.824. The van der Waals surface area contributed by atoms with Gasteiger partial charge in [-0.05, 0) is 62.7 Å². The molecule has 4 aliphatic carbocycles. The second-order valence-electron chi connectivity index (χ2n) is 7.91. The third kappa shape index (κ3) is 2.14. The zero-order valence-electron chi connectivity index (χ0n) is 13.4. The van der Waals surface area contributed by atoms with Crippen LogP contribution in [0.1, 0.15) is 57.6 Å². The molecule has 0 spiro atoms. The molecule has 1 aromatic rings. The molecule has 4 nitrogen and oxygen atoms in total. The Kier molecular flexibility index (Phi) is 2.98. The van der Waals surface area contributed by atoms with Crippen molar-refractivity contribution in [2.45, 2.75) is 63.8 Å². The van der Waals surface area contributed by atoms with Crippen LogP contribution in [0.4, 0.5) is 11.5 Å². The predicted octanol–water partition coefficient (Wildman–Crippen LogP) is 3.34. The van der Waals surface area contributed by atoms with Gasteiger partial charge >= 0.3 is 0 Å². The van der Waals surface area contributed by atoms with Crippen LogP contribution in [0.2, 0.25) is 0 Å². The molecule has 3 N–H and O–H groups in total. The average molecular weight is 288 g/mol. The lowest BCUT2D eigenvalue weighted by atomic mass is 9.53. The summed E-state index contributed by atoms with van der Waals surface area (Å²) in [5.41, 5.74) is 8.63. The van der Waals surface area contributed by atoms with E-state index in [9.17, 15) is 0 Å². The lowest BCUT2D eigenvalue weighted by Gasteiger charge is -2.57. The van der Waals surface area contributed by atoms with Crippen molar-refractivity contribution in [3.05, 3.63) is 5.69 Å². The summed E-state index contributed by atoms with van der Waals surface area (Å²) < 4.78 is 1.97. The molecule has 4 aliphatic rings. The second-order valence-corrected chi connectivity index (χ2v) is 7.91. The van der Waals surface area contributed by atoms with Crippen LogP contribution < -0.4 is 11.1 Å². The number of hydrogen-bond donors (Lipinski definition) is 2. The molecule has 0 radical (unpaired) electrons. The maximum absolute atomic E-state index is 6.37. The van der Waals surface area contributed by atoms with Crippen molar-refractivity contribution in [3.63, 3.8) is 0 Å². The first kappa shape index (κ1) is 13.5. The Morgan fingerprint density at radius 3 is 2.29 bits per heavy atom. The minimum absolute atomic E-state index is 0.306. The third-order valence-corrected chi connectivity index (χ3v) is 6.07. The molecule has 4 heteroatoms. The number of anilines is 2. The van der Waals surface area contributed by atoms with E-state index in [2.05, 4.69) is 17.3 Å². The minimum atomic E-state index is 0.306. The Bertz CT molecular complexity index is 510. The molecular formula is C17H28N4. The number of nitrogens with one attached hydrogen (secondary N) is 1. The lowest BCUT2D eigenvalue weighted by Crippen LogP contribution is -2.55. The fourth-order valence-corrected chi connectivity index (χ4v) is 5.68. The molecule has 116 valence electrons. The van der Waals surface area contributed by atoms with Gasteiger partial charge < -0.3 is 11.1 Å². The van der Waals surface area contributed by atoms with Gasteiger partial charge in [-0.15, -0.1) is 0 Å². The van der Waals surface area contributed by atoms with Gasteiger partial charge in [-0.3, -0.25) is 4.68 Å². The van der Waals surface area contributed by atoms with Gasteiger partial charge in [0.1, 0.15) is 5.82 Å². The van der Waals surface area contributed by atoms with Gasteiger partial charge in [-0.25, -0.2) is 0 Å². The number of nitrogen functional groups attached to an aromatic ring is 1. The number of rotatable bonds is 4. The van der Waals surface area contributed by atoms with Crippen LogP contribution >= 0.6 is 0 Å². The quantitative estimate of drug-likeness (QED) is 0.893. The Labute approximate surface area is 127 Å². The number of aromatic nitrogens is 2. The standard InChI is InChI=1S/C17H28N4/c1-3-4-14-15(18)16(21(2)20-14)19-17-8-11-5-12(9-17)7-13(6-11)10-17/h11-13,19H,3-10,18H2,1-2H3. The maximum Gasteiger partial charge on any atom is 0.148 e. The van der Waals surface area contributed by atoms with Crippen molar-refractivity contribution in [2.24, 2.45) is 24.8 Å². The van der Waals surface area contributed by atoms with E-state index in [4.69, 9.17) is 5.73 Å². The third-order valence-electron chi connectivity index (χ3n) is 6.07. The van der Waals surface area contributed by atoms with Gasteiger partial charge in [0.2, 0.25) is 0 Å². The Balaban J connectivity index is 1.61. The Hall–Kier alpha value is -1.19. The highest BCUT2D eigenvalue weighted by Gasteiger charge is 2.51. The van der Waals surface area contributed by atoms with Gasteiger partial charge in [0.05, 0.1) is 11.4 Å². The summed E-state index contributed by atoms with van der Waals surface area (Å²) in [6, 6.07) is 0. The van der Waals surface area contributed by atoms with Crippen LogP contribution in [0.5, 0.6) is 0 Å². The maximum atomic E-state index is 6.37. The highest BCUT2D eigenvalue weighted by molar-refractivity contribution is 5.66. The summed E-state index contributed by atoms with van der Waals surface area (Å²) in [6.07, 6.45) is 10.5. The summed E-state index contributed by atoms with van der Waals surface area (Å²) in [5, 5.41) is 8.50. The van der Waals surface area contributed by atoms with E-state index >= 15 is 0 Å². The molecule has 4 fully saturated rings. The van der Waals surface area contributed by atoms with E-state index < -0.39 is 0 Å². The first-order chi connectivity index (χ1) is 10.1. The first-order valence-electron chi connectivity index (χ1n) is 8.68. The topological polar surface area (TPSA) is 55.9 Å². The van der Waals surface area contributed by atoms with Crippen molar-refractivity contribution >= 4 is 11.5 Å². The van der Waals surface area contributed by atoms with E-state index in [0.29, 0.717) is 5.54 Å². The largest absolute Gasteiger partial charge is 0.394 e. The van der Waals surface area contributed by atoms with Crippen molar-refractivity contribution < 1.29 is 0 Å². The fourth-order valence-electron chi connectivity index (χ4n) is 5.68.